The third-order valence-electron chi connectivity index (χ3n) is 19.6. The van der Waals surface area contributed by atoms with Crippen molar-refractivity contribution in [1.29, 1.82) is 0 Å². The standard InChI is InChI=1S/C81H119N9O36/c1-43(91)85-69-72(123-59(40-114-46(4)94)75(117-49(7)97)78(69)120-52(10)100)56(103)24-21-27-62(106)82-36-38-89(39-37-83-63(107)28-22-25-57(104)73-70(86-44(2)92)79(121-53(11)101)76(118-50(8)98)60(124-73)41-115-47(5)95)65(109)32-31-55(81(113)84-35-20-18-16-14-13-15-17-19-30-68(112)126-90-66(110)33-34-67(90)111)88-64(108)29-23-26-58(105)74-71(87-45(3)93)80(122-54(12)102)77(119-51(9)99)61(125-74)42-116-48(6)96/h55,59-61,69-80H,13-42H2,1-12H3,(H,82,106)(H,83,107)(H,84,113)(H,85,91)(H,86,92)(H,87,93)(H,88,108)/t55-,59?,60?,61?,69?,70?,71?,72?,73?,74?,75?,76?,77?,78?,79?,80?/m0/s1. The number of carbonyl (C=O) groups is 23. The van der Waals surface area contributed by atoms with Gasteiger partial charge in [-0.05, 0) is 38.5 Å². The first-order valence-electron chi connectivity index (χ1n) is 41.7. The summed E-state index contributed by atoms with van der Waals surface area (Å²) in [7, 11) is 0. The third kappa shape index (κ3) is 38.9. The van der Waals surface area contributed by atoms with Crippen LogP contribution in [0.2, 0.25) is 0 Å². The van der Waals surface area contributed by atoms with Gasteiger partial charge in [0.1, 0.15) is 80.6 Å². The summed E-state index contributed by atoms with van der Waals surface area (Å²) < 4.78 is 66.2. The highest BCUT2D eigenvalue weighted by Crippen LogP contribution is 2.33. The van der Waals surface area contributed by atoms with Gasteiger partial charge >= 0.3 is 59.7 Å². The molecule has 0 bridgehead atoms. The van der Waals surface area contributed by atoms with Crippen LogP contribution in [-0.4, -0.2) is 296 Å². The highest BCUT2D eigenvalue weighted by molar-refractivity contribution is 6.01. The summed E-state index contributed by atoms with van der Waals surface area (Å²) in [6, 6.07) is -5.89. The number of ether oxygens (including phenoxy) is 12. The number of imide groups is 1. The van der Waals surface area contributed by atoms with Gasteiger partial charge in [-0.15, -0.1) is 5.06 Å². The Hall–Kier alpha value is -11.5. The highest BCUT2D eigenvalue weighted by atomic mass is 16.7. The lowest BCUT2D eigenvalue weighted by atomic mass is 9.88. The van der Waals surface area contributed by atoms with Gasteiger partial charge in [0, 0.05) is 180 Å². The van der Waals surface area contributed by atoms with E-state index in [1.807, 2.05) is 0 Å². The highest BCUT2D eigenvalue weighted by Gasteiger charge is 2.56. The molecular formula is C81H119N9O36. The fourth-order valence-corrected chi connectivity index (χ4v) is 14.3. The van der Waals surface area contributed by atoms with Gasteiger partial charge in [-0.3, -0.25) is 105 Å². The molecule has 16 atom stereocenters. The van der Waals surface area contributed by atoms with E-state index >= 15 is 0 Å². The zero-order chi connectivity index (χ0) is 94.0. The smallest absolute Gasteiger partial charge is 0.333 e. The predicted octanol–water partition coefficient (Wildman–Crippen LogP) is -1.14. The van der Waals surface area contributed by atoms with E-state index in [0.717, 1.165) is 109 Å². The van der Waals surface area contributed by atoms with E-state index < -0.39 is 292 Å². The zero-order valence-corrected chi connectivity index (χ0v) is 73.0. The fourth-order valence-electron chi connectivity index (χ4n) is 14.3. The number of rotatable bonds is 53. The van der Waals surface area contributed by atoms with E-state index in [0.29, 0.717) is 30.7 Å². The normalized spacial score (nSPS) is 22.6. The van der Waals surface area contributed by atoms with Crippen molar-refractivity contribution in [3.8, 4) is 0 Å². The minimum Gasteiger partial charge on any atom is -0.463 e. The van der Waals surface area contributed by atoms with Gasteiger partial charge in [0.05, 0.1) is 0 Å². The molecule has 0 aromatic carbocycles. The number of hydrogen-bond donors (Lipinski definition) is 7. The lowest BCUT2D eigenvalue weighted by Gasteiger charge is -2.44. The SMILES string of the molecule is CC(=O)NC1C(C(=O)CCCC(=O)NCCN(CCNC(=O)CCCC(=O)C2OC(COC(C)=O)C(OC(C)=O)C(OC(C)=O)C2NC(C)=O)C(=O)CC[C@H](NC(=O)CCCC(=O)C2OC(COC(C)=O)C(OC(C)=O)C(OC(C)=O)C2NC(C)=O)C(=O)NCCCCCCCCCCC(=O)ON2C(=O)CCC2=O)OC(COC(C)=O)C(OC(C)=O)C1OC(C)=O. The monoisotopic (exact) mass is 1790 g/mol. The van der Waals surface area contributed by atoms with Gasteiger partial charge in [0.2, 0.25) is 47.3 Å². The number of nitrogens with one attached hydrogen (secondary N) is 7. The molecule has 704 valence electrons. The summed E-state index contributed by atoms with van der Waals surface area (Å²) in [4.78, 5) is 303. The van der Waals surface area contributed by atoms with E-state index in [-0.39, 0.29) is 84.1 Å². The number of Topliss-reactive ketones (excluding diaryl/α,β-unsaturated/α-hetero) is 3. The first-order valence-corrected chi connectivity index (χ1v) is 41.7. The van der Waals surface area contributed by atoms with Crippen molar-refractivity contribution < 1.29 is 172 Å². The predicted molar refractivity (Wildman–Crippen MR) is 424 cm³/mol. The summed E-state index contributed by atoms with van der Waals surface area (Å²) in [5, 5.41) is 18.7. The molecule has 0 aliphatic carbocycles. The fraction of sp³-hybridized carbons (Fsp3) is 0.716. The average molecular weight is 1790 g/mol. The molecule has 0 aromatic heterocycles. The number of carbonyl (C=O) groups excluding carboxylic acids is 23. The zero-order valence-electron chi connectivity index (χ0n) is 73.0. The number of esters is 9. The Morgan fingerprint density at radius 3 is 1.00 bits per heavy atom. The second kappa shape index (κ2) is 55.1. The molecule has 4 rings (SSSR count). The first-order chi connectivity index (χ1) is 59.5. The maximum atomic E-state index is 14.6. The van der Waals surface area contributed by atoms with Gasteiger partial charge in [0.15, 0.2) is 54.0 Å². The van der Waals surface area contributed by atoms with E-state index in [1.165, 1.54) is 4.90 Å². The lowest BCUT2D eigenvalue weighted by Crippen LogP contribution is -2.67. The molecule has 126 heavy (non-hydrogen) atoms. The Kier molecular flexibility index (Phi) is 46.7. The molecule has 0 aromatic rings. The molecule has 0 saturated carbocycles. The van der Waals surface area contributed by atoms with Crippen LogP contribution in [0.3, 0.4) is 0 Å². The minimum absolute atomic E-state index is 0.00100. The van der Waals surface area contributed by atoms with Gasteiger partial charge < -0.3 is 104 Å². The summed E-state index contributed by atoms with van der Waals surface area (Å²) in [6.07, 6.45) is -17.2. The number of hydroxylamine groups is 2. The second-order valence-corrected chi connectivity index (χ2v) is 30.4. The van der Waals surface area contributed by atoms with Gasteiger partial charge in [-0.1, -0.05) is 38.5 Å². The molecule has 0 radical (unpaired) electrons. The largest absolute Gasteiger partial charge is 0.463 e. The Balaban J connectivity index is 1.59. The number of hydrogen-bond acceptors (Lipinski definition) is 36. The van der Waals surface area contributed by atoms with Crippen molar-refractivity contribution in [2.24, 2.45) is 0 Å². The lowest BCUT2D eigenvalue weighted by molar-refractivity contribution is -0.222. The van der Waals surface area contributed by atoms with Crippen LogP contribution >= 0.6 is 0 Å². The van der Waals surface area contributed by atoms with Crippen LogP contribution in [0.15, 0.2) is 0 Å². The van der Waals surface area contributed by atoms with Crippen molar-refractivity contribution in [3.63, 3.8) is 0 Å². The van der Waals surface area contributed by atoms with Crippen molar-refractivity contribution in [2.75, 3.05) is 52.5 Å². The molecule has 4 fully saturated rings. The Bertz CT molecular complexity index is 3750. The molecule has 4 saturated heterocycles. The Labute approximate surface area is 726 Å². The van der Waals surface area contributed by atoms with Crippen molar-refractivity contribution in [2.45, 2.75) is 322 Å². The molecule has 4 aliphatic heterocycles. The van der Waals surface area contributed by atoms with Crippen molar-refractivity contribution >= 4 is 136 Å². The molecular weight excluding hydrogens is 1670 g/mol. The number of amides is 10. The van der Waals surface area contributed by atoms with E-state index in [4.69, 9.17) is 61.7 Å². The quantitative estimate of drug-likeness (QED) is 0.0164. The van der Waals surface area contributed by atoms with Crippen molar-refractivity contribution in [1.82, 2.24) is 47.2 Å². The van der Waals surface area contributed by atoms with Crippen LogP contribution in [-0.2, 0) is 172 Å². The van der Waals surface area contributed by atoms with Gasteiger partial charge in [-0.2, -0.15) is 0 Å². The molecule has 4 heterocycles. The van der Waals surface area contributed by atoms with Gasteiger partial charge in [0.25, 0.3) is 11.8 Å². The second-order valence-electron chi connectivity index (χ2n) is 30.4. The number of ketones is 3. The average Bonchev–Trinajstić information content (AvgIpc) is 0.975. The maximum Gasteiger partial charge on any atom is 0.333 e. The van der Waals surface area contributed by atoms with Crippen LogP contribution in [0.5, 0.6) is 0 Å². The van der Waals surface area contributed by atoms with Gasteiger partial charge in [-0.25, -0.2) is 4.79 Å². The molecule has 0 spiro atoms. The molecule has 10 amide bonds. The van der Waals surface area contributed by atoms with Crippen LogP contribution in [0, 0.1) is 0 Å². The summed E-state index contributed by atoms with van der Waals surface area (Å²) >= 11 is 0. The number of nitrogens with zero attached hydrogens (tertiary/aromatic N) is 2. The van der Waals surface area contributed by atoms with E-state index in [2.05, 4.69) is 37.2 Å². The Morgan fingerprint density at radius 2 is 0.675 bits per heavy atom. The third-order valence-corrected chi connectivity index (χ3v) is 19.6. The summed E-state index contributed by atoms with van der Waals surface area (Å²) in [5.74, 6) is -17.6. The van der Waals surface area contributed by atoms with Crippen LogP contribution in [0.4, 0.5) is 0 Å². The topological polar surface area (TPSA) is 603 Å². The molecule has 15 unspecified atom stereocenters. The molecule has 45 heteroatoms. The van der Waals surface area contributed by atoms with Crippen LogP contribution in [0.25, 0.3) is 0 Å². The number of unbranched alkanes of at least 4 members (excludes halogenated alkanes) is 7. The first kappa shape index (κ1) is 107. The van der Waals surface area contributed by atoms with Crippen LogP contribution < -0.4 is 37.2 Å². The summed E-state index contributed by atoms with van der Waals surface area (Å²) in [6.45, 7) is 9.73. The minimum atomic E-state index is -1.66. The van der Waals surface area contributed by atoms with Crippen LogP contribution in [0.1, 0.15) is 224 Å². The Morgan fingerprint density at radius 1 is 0.357 bits per heavy atom. The molecule has 45 nitrogen and oxygen atoms in total. The van der Waals surface area contributed by atoms with E-state index in [1.54, 1.807) is 0 Å². The van der Waals surface area contributed by atoms with Crippen molar-refractivity contribution in [3.05, 3.63) is 0 Å². The summed E-state index contributed by atoms with van der Waals surface area (Å²) in [5.41, 5.74) is 0. The molecule has 4 aliphatic rings. The van der Waals surface area contributed by atoms with E-state index in [9.17, 15) is 110 Å². The molecule has 7 N–H and O–H groups in total. The maximum absolute atomic E-state index is 14.6.